The molecule has 2 aliphatic rings. The van der Waals surface area contributed by atoms with Crippen LogP contribution in [0.2, 0.25) is 0 Å². The molecule has 1 saturated heterocycles. The quantitative estimate of drug-likeness (QED) is 0.479. The first-order valence-corrected chi connectivity index (χ1v) is 3.59. The number of nitrogens with one attached hydrogen (secondary N) is 2. The van der Waals surface area contributed by atoms with Gasteiger partial charge in [0.15, 0.2) is 0 Å². The van der Waals surface area contributed by atoms with Gasteiger partial charge in [-0.2, -0.15) is 5.48 Å². The van der Waals surface area contributed by atoms with Crippen molar-refractivity contribution in [2.75, 3.05) is 6.67 Å². The monoisotopic (exact) mass is 155 g/mol. The minimum atomic E-state index is -0.0797. The Kier molecular flexibility index (Phi) is 1.50. The Labute approximate surface area is 63.8 Å². The number of hydrogen-bond donors (Lipinski definition) is 2. The van der Waals surface area contributed by atoms with Crippen LogP contribution in [0.5, 0.6) is 0 Å². The minimum Gasteiger partial charge on any atom is -0.362 e. The van der Waals surface area contributed by atoms with E-state index in [1.807, 2.05) is 0 Å². The highest BCUT2D eigenvalue weighted by atomic mass is 16.7. The predicted octanol–water partition coefficient (Wildman–Crippen LogP) is -0.844. The van der Waals surface area contributed by atoms with E-state index in [-0.39, 0.29) is 11.9 Å². The zero-order valence-electron chi connectivity index (χ0n) is 5.96. The molecule has 2 rings (SSSR count). The molecular formula is C6H9N3O2. The predicted molar refractivity (Wildman–Crippen MR) is 37.7 cm³/mol. The number of rotatable bonds is 0. The highest BCUT2D eigenvalue weighted by Crippen LogP contribution is 2.08. The molecule has 11 heavy (non-hydrogen) atoms. The van der Waals surface area contributed by atoms with E-state index >= 15 is 0 Å². The van der Waals surface area contributed by atoms with Gasteiger partial charge in [0.05, 0.1) is 12.7 Å². The van der Waals surface area contributed by atoms with Gasteiger partial charge >= 0.3 is 0 Å². The van der Waals surface area contributed by atoms with Gasteiger partial charge < -0.3 is 4.84 Å². The van der Waals surface area contributed by atoms with Crippen LogP contribution in [0, 0.1) is 0 Å². The Hall–Kier alpha value is -1.10. The molecule has 0 spiro atoms. The third-order valence-corrected chi connectivity index (χ3v) is 1.80. The van der Waals surface area contributed by atoms with E-state index in [0.717, 1.165) is 6.42 Å². The topological polar surface area (TPSA) is 62.7 Å². The number of hydrogen-bond acceptors (Lipinski definition) is 4. The van der Waals surface area contributed by atoms with E-state index in [2.05, 4.69) is 15.8 Å². The smallest absolute Gasteiger partial charge is 0.252 e. The molecule has 60 valence electrons. The fourth-order valence-electron chi connectivity index (χ4n) is 1.20. The van der Waals surface area contributed by atoms with Crippen molar-refractivity contribution in [1.82, 2.24) is 10.8 Å². The summed E-state index contributed by atoms with van der Waals surface area (Å²) in [6, 6.07) is 0.133. The van der Waals surface area contributed by atoms with Crippen molar-refractivity contribution >= 4 is 11.8 Å². The van der Waals surface area contributed by atoms with Crippen LogP contribution in [-0.4, -0.2) is 24.5 Å². The Morgan fingerprint density at radius 3 is 3.45 bits per heavy atom. The summed E-state index contributed by atoms with van der Waals surface area (Å²) in [5.41, 5.74) is 2.31. The summed E-state index contributed by atoms with van der Waals surface area (Å²) < 4.78 is 0. The average molecular weight is 155 g/mol. The maximum Gasteiger partial charge on any atom is 0.252 e. The first-order chi connectivity index (χ1) is 5.36. The normalized spacial score (nSPS) is 29.6. The molecule has 1 amide bonds. The summed E-state index contributed by atoms with van der Waals surface area (Å²) in [4.78, 5) is 19.7. The Morgan fingerprint density at radius 1 is 1.64 bits per heavy atom. The van der Waals surface area contributed by atoms with Crippen molar-refractivity contribution in [2.45, 2.75) is 18.9 Å². The van der Waals surface area contributed by atoms with Crippen molar-refractivity contribution in [3.63, 3.8) is 0 Å². The van der Waals surface area contributed by atoms with Crippen molar-refractivity contribution in [3.05, 3.63) is 0 Å². The standard InChI is InChI=1S/C6H9N3O2/c10-5-2-1-4-6(11-9-5)8-3-7-4/h4,7H,1-3H2,(H,9,10). The largest absolute Gasteiger partial charge is 0.362 e. The summed E-state index contributed by atoms with van der Waals surface area (Å²) in [5, 5.41) is 3.10. The van der Waals surface area contributed by atoms with Gasteiger partial charge in [0.25, 0.3) is 5.91 Å². The summed E-state index contributed by atoms with van der Waals surface area (Å²) in [5.74, 6) is 0.528. The molecule has 0 radical (unpaired) electrons. The van der Waals surface area contributed by atoms with Crippen molar-refractivity contribution in [3.8, 4) is 0 Å². The van der Waals surface area contributed by atoms with Gasteiger partial charge in [-0.3, -0.25) is 10.1 Å². The molecule has 5 heteroatoms. The van der Waals surface area contributed by atoms with Crippen LogP contribution in [-0.2, 0) is 9.63 Å². The van der Waals surface area contributed by atoms with Crippen LogP contribution in [0.25, 0.3) is 0 Å². The summed E-state index contributed by atoms with van der Waals surface area (Å²) >= 11 is 0. The lowest BCUT2D eigenvalue weighted by atomic mass is 10.2. The molecule has 0 aromatic carbocycles. The van der Waals surface area contributed by atoms with E-state index in [9.17, 15) is 4.79 Å². The van der Waals surface area contributed by atoms with E-state index < -0.39 is 0 Å². The Morgan fingerprint density at radius 2 is 2.55 bits per heavy atom. The summed E-state index contributed by atoms with van der Waals surface area (Å²) in [6.07, 6.45) is 1.27. The zero-order valence-corrected chi connectivity index (χ0v) is 5.96. The summed E-state index contributed by atoms with van der Waals surface area (Å²) in [7, 11) is 0. The first kappa shape index (κ1) is 6.60. The molecule has 2 N–H and O–H groups in total. The van der Waals surface area contributed by atoms with E-state index in [0.29, 0.717) is 19.0 Å². The van der Waals surface area contributed by atoms with Crippen LogP contribution >= 0.6 is 0 Å². The lowest BCUT2D eigenvalue weighted by molar-refractivity contribution is -0.127. The third kappa shape index (κ3) is 1.19. The molecule has 2 heterocycles. The van der Waals surface area contributed by atoms with Crippen LogP contribution in [0.1, 0.15) is 12.8 Å². The molecule has 0 bridgehead atoms. The maximum atomic E-state index is 10.8. The second-order valence-corrected chi connectivity index (χ2v) is 2.58. The van der Waals surface area contributed by atoms with Gasteiger partial charge in [0.2, 0.25) is 5.90 Å². The molecule has 1 fully saturated rings. The van der Waals surface area contributed by atoms with Crippen molar-refractivity contribution in [1.29, 1.82) is 0 Å². The Bertz CT molecular complexity index is 214. The first-order valence-electron chi connectivity index (χ1n) is 3.59. The van der Waals surface area contributed by atoms with E-state index in [4.69, 9.17) is 4.84 Å². The second kappa shape index (κ2) is 2.50. The number of amides is 1. The fourth-order valence-corrected chi connectivity index (χ4v) is 1.20. The van der Waals surface area contributed by atoms with E-state index in [1.165, 1.54) is 0 Å². The molecule has 5 nitrogen and oxygen atoms in total. The molecule has 0 aromatic heterocycles. The van der Waals surface area contributed by atoms with Gasteiger partial charge in [0, 0.05) is 6.42 Å². The number of aliphatic imine (C=N–C) groups is 1. The van der Waals surface area contributed by atoms with Crippen molar-refractivity contribution in [2.24, 2.45) is 4.99 Å². The molecule has 0 aliphatic carbocycles. The number of hydroxylamine groups is 1. The summed E-state index contributed by atoms with van der Waals surface area (Å²) in [6.45, 7) is 0.593. The lowest BCUT2D eigenvalue weighted by Crippen LogP contribution is -2.31. The van der Waals surface area contributed by atoms with Gasteiger partial charge in [-0.25, -0.2) is 4.99 Å². The van der Waals surface area contributed by atoms with Crippen LogP contribution in [0.3, 0.4) is 0 Å². The fraction of sp³-hybridized carbons (Fsp3) is 0.667. The van der Waals surface area contributed by atoms with Gasteiger partial charge in [0.1, 0.15) is 0 Å². The Balaban J connectivity index is 2.09. The molecule has 1 unspecified atom stereocenters. The molecule has 0 aromatic rings. The zero-order chi connectivity index (χ0) is 7.68. The van der Waals surface area contributed by atoms with Crippen LogP contribution in [0.15, 0.2) is 4.99 Å². The highest BCUT2D eigenvalue weighted by Gasteiger charge is 2.26. The van der Waals surface area contributed by atoms with Crippen LogP contribution < -0.4 is 10.8 Å². The van der Waals surface area contributed by atoms with E-state index in [1.54, 1.807) is 0 Å². The van der Waals surface area contributed by atoms with Gasteiger partial charge in [-0.05, 0) is 6.42 Å². The molecule has 2 aliphatic heterocycles. The number of carbonyl (C=O) groups is 1. The number of fused-ring (bicyclic) bond motifs is 1. The average Bonchev–Trinajstić information content (AvgIpc) is 2.38. The van der Waals surface area contributed by atoms with Gasteiger partial charge in [-0.1, -0.05) is 0 Å². The molecular weight excluding hydrogens is 146 g/mol. The maximum absolute atomic E-state index is 10.8. The SMILES string of the molecule is O=C1CCC2NCN=C2ON1. The van der Waals surface area contributed by atoms with Gasteiger partial charge in [-0.15, -0.1) is 0 Å². The highest BCUT2D eigenvalue weighted by molar-refractivity contribution is 5.87. The number of carbonyl (C=O) groups excluding carboxylic acids is 1. The minimum absolute atomic E-state index is 0.0797. The van der Waals surface area contributed by atoms with Crippen molar-refractivity contribution < 1.29 is 9.63 Å². The van der Waals surface area contributed by atoms with Crippen LogP contribution in [0.4, 0.5) is 0 Å². The second-order valence-electron chi connectivity index (χ2n) is 2.58. The number of nitrogens with zero attached hydrogens (tertiary/aromatic N) is 1. The molecule has 0 saturated carbocycles. The lowest BCUT2D eigenvalue weighted by Gasteiger charge is -2.05. The molecule has 1 atom stereocenters. The third-order valence-electron chi connectivity index (χ3n) is 1.80.